The van der Waals surface area contributed by atoms with Crippen LogP contribution in [0.15, 0.2) is 48.8 Å². The lowest BCUT2D eigenvalue weighted by Crippen LogP contribution is -2.36. The lowest BCUT2D eigenvalue weighted by molar-refractivity contribution is 0.123. The smallest absolute Gasteiger partial charge is 0.177 e. The van der Waals surface area contributed by atoms with Gasteiger partial charge in [0.25, 0.3) is 0 Å². The highest BCUT2D eigenvalue weighted by Crippen LogP contribution is 2.29. The highest BCUT2D eigenvalue weighted by atomic mass is 35.5. The number of ether oxygens (including phenoxy) is 1. The maximum absolute atomic E-state index is 6.28. The molecule has 0 saturated carbocycles. The number of nitrogens with zero attached hydrogens (tertiary/aromatic N) is 6. The zero-order chi connectivity index (χ0) is 19.1. The summed E-state index contributed by atoms with van der Waals surface area (Å²) in [5.74, 6) is 0. The summed E-state index contributed by atoms with van der Waals surface area (Å²) in [7, 11) is 0. The van der Waals surface area contributed by atoms with Gasteiger partial charge in [0.15, 0.2) is 10.8 Å². The van der Waals surface area contributed by atoms with Crippen molar-refractivity contribution in [2.45, 2.75) is 6.92 Å². The van der Waals surface area contributed by atoms with Gasteiger partial charge in [-0.1, -0.05) is 29.8 Å². The molecule has 5 rings (SSSR count). The third-order valence-electron chi connectivity index (χ3n) is 5.01. The van der Waals surface area contributed by atoms with Crippen LogP contribution in [0.5, 0.6) is 0 Å². The molecule has 0 bridgehead atoms. The van der Waals surface area contributed by atoms with Gasteiger partial charge in [0, 0.05) is 24.7 Å². The normalized spacial score (nSPS) is 14.7. The minimum absolute atomic E-state index is 0.439. The number of hydrogen-bond donors (Lipinski definition) is 0. The molecule has 0 atom stereocenters. The highest BCUT2D eigenvalue weighted by Gasteiger charge is 2.20. The van der Waals surface area contributed by atoms with Gasteiger partial charge in [0.1, 0.15) is 0 Å². The van der Waals surface area contributed by atoms with E-state index < -0.39 is 0 Å². The van der Waals surface area contributed by atoms with Gasteiger partial charge in [-0.3, -0.25) is 0 Å². The van der Waals surface area contributed by atoms with Crippen LogP contribution in [-0.2, 0) is 4.74 Å². The number of hydrogen-bond acceptors (Lipinski definition) is 5. The van der Waals surface area contributed by atoms with E-state index in [2.05, 4.69) is 15.1 Å². The zero-order valence-electron chi connectivity index (χ0n) is 15.4. The first-order valence-corrected chi connectivity index (χ1v) is 9.57. The van der Waals surface area contributed by atoms with Crippen LogP contribution >= 0.6 is 11.6 Å². The van der Waals surface area contributed by atoms with Crippen molar-refractivity contribution in [1.82, 2.24) is 24.4 Å². The van der Waals surface area contributed by atoms with E-state index in [0.29, 0.717) is 18.4 Å². The topological polar surface area (TPSA) is 60.5 Å². The first-order chi connectivity index (χ1) is 13.7. The largest absolute Gasteiger partial charge is 0.378 e. The van der Waals surface area contributed by atoms with Crippen LogP contribution in [0.4, 0.5) is 5.69 Å². The number of rotatable bonds is 3. The second kappa shape index (κ2) is 6.92. The Morgan fingerprint density at radius 3 is 2.68 bits per heavy atom. The number of benzene rings is 1. The van der Waals surface area contributed by atoms with Crippen LogP contribution in [0.3, 0.4) is 0 Å². The van der Waals surface area contributed by atoms with Crippen molar-refractivity contribution in [3.05, 3.63) is 59.6 Å². The second-order valence-electron chi connectivity index (χ2n) is 6.74. The summed E-state index contributed by atoms with van der Waals surface area (Å²) in [6.45, 7) is 5.06. The molecule has 1 aromatic carbocycles. The third-order valence-corrected chi connectivity index (χ3v) is 5.20. The van der Waals surface area contributed by atoms with E-state index in [-0.39, 0.29) is 0 Å². The fourth-order valence-corrected chi connectivity index (χ4v) is 3.77. The first-order valence-electron chi connectivity index (χ1n) is 9.20. The molecule has 3 aromatic heterocycles. The van der Waals surface area contributed by atoms with Crippen molar-refractivity contribution >= 4 is 22.9 Å². The van der Waals surface area contributed by atoms with Crippen molar-refractivity contribution in [1.29, 1.82) is 0 Å². The Balaban J connectivity index is 1.60. The van der Waals surface area contributed by atoms with Crippen molar-refractivity contribution in [2.75, 3.05) is 31.2 Å². The van der Waals surface area contributed by atoms with E-state index in [1.165, 1.54) is 0 Å². The summed E-state index contributed by atoms with van der Waals surface area (Å²) in [5, 5.41) is 9.40. The van der Waals surface area contributed by atoms with Crippen molar-refractivity contribution in [3.63, 3.8) is 0 Å². The van der Waals surface area contributed by atoms with Gasteiger partial charge in [-0.05, 0) is 19.1 Å². The summed E-state index contributed by atoms with van der Waals surface area (Å²) in [5.41, 5.74) is 5.59. The van der Waals surface area contributed by atoms with Crippen LogP contribution in [0.2, 0.25) is 5.15 Å². The molecule has 4 aromatic rings. The van der Waals surface area contributed by atoms with Crippen molar-refractivity contribution in [3.8, 4) is 16.9 Å². The Morgan fingerprint density at radius 2 is 1.89 bits per heavy atom. The van der Waals surface area contributed by atoms with Crippen molar-refractivity contribution < 1.29 is 4.74 Å². The summed E-state index contributed by atoms with van der Waals surface area (Å²) < 4.78 is 9.14. The fraction of sp³-hybridized carbons (Fsp3) is 0.250. The number of halogens is 1. The Morgan fingerprint density at radius 1 is 1.11 bits per heavy atom. The Labute approximate surface area is 167 Å². The molecule has 1 saturated heterocycles. The minimum Gasteiger partial charge on any atom is -0.378 e. The molecule has 0 spiro atoms. The summed E-state index contributed by atoms with van der Waals surface area (Å²) in [4.78, 5) is 7.11. The van der Waals surface area contributed by atoms with Gasteiger partial charge in [-0.2, -0.15) is 10.2 Å². The van der Waals surface area contributed by atoms with Gasteiger partial charge in [0.2, 0.25) is 0 Å². The quantitative estimate of drug-likeness (QED) is 0.533. The third kappa shape index (κ3) is 2.93. The molecular formula is C20H19ClN6O. The summed E-state index contributed by atoms with van der Waals surface area (Å²) in [6, 6.07) is 11.9. The summed E-state index contributed by atoms with van der Waals surface area (Å²) >= 11 is 6.28. The van der Waals surface area contributed by atoms with Crippen molar-refractivity contribution in [2.24, 2.45) is 0 Å². The number of morpholine rings is 1. The first kappa shape index (κ1) is 17.2. The van der Waals surface area contributed by atoms with Gasteiger partial charge in [-0.15, -0.1) is 0 Å². The predicted molar refractivity (Wildman–Crippen MR) is 108 cm³/mol. The number of aromatic nitrogens is 5. The molecule has 8 heteroatoms. The predicted octanol–water partition coefficient (Wildman–Crippen LogP) is 3.38. The lowest BCUT2D eigenvalue weighted by atomic mass is 10.2. The maximum Gasteiger partial charge on any atom is 0.177 e. The van der Waals surface area contributed by atoms with Gasteiger partial charge >= 0.3 is 0 Å². The van der Waals surface area contributed by atoms with Gasteiger partial charge < -0.3 is 9.64 Å². The van der Waals surface area contributed by atoms with Crippen LogP contribution < -0.4 is 4.90 Å². The van der Waals surface area contributed by atoms with Gasteiger partial charge in [0.05, 0.1) is 48.4 Å². The Bertz CT molecular complexity index is 1130. The van der Waals surface area contributed by atoms with Crippen LogP contribution in [-0.4, -0.2) is 50.7 Å². The summed E-state index contributed by atoms with van der Waals surface area (Å²) in [6.07, 6.45) is 3.75. The molecule has 0 N–H and O–H groups in total. The molecule has 1 fully saturated rings. The Hall–Kier alpha value is -2.90. The fourth-order valence-electron chi connectivity index (χ4n) is 3.59. The van der Waals surface area contributed by atoms with Crippen LogP contribution in [0.1, 0.15) is 5.69 Å². The molecule has 142 valence electrons. The number of fused-ring (bicyclic) bond motifs is 1. The number of anilines is 1. The van der Waals surface area contributed by atoms with E-state index in [1.807, 2.05) is 60.4 Å². The van der Waals surface area contributed by atoms with E-state index in [0.717, 1.165) is 47.1 Å². The Kier molecular flexibility index (Phi) is 4.26. The molecule has 4 heterocycles. The molecule has 28 heavy (non-hydrogen) atoms. The van der Waals surface area contributed by atoms with E-state index in [4.69, 9.17) is 21.3 Å². The molecule has 7 nitrogen and oxygen atoms in total. The standard InChI is InChI=1S/C20H19ClN6O/c1-14-16(12-22-27(14)15-5-3-2-4-6-15)17-13-26-20(23-17)18(11-19(21)24-26)25-7-9-28-10-8-25/h2-6,11-13H,7-10H2,1H3. The van der Waals surface area contributed by atoms with E-state index >= 15 is 0 Å². The molecule has 0 aliphatic carbocycles. The maximum atomic E-state index is 6.28. The molecule has 0 unspecified atom stereocenters. The van der Waals surface area contributed by atoms with E-state index in [1.54, 1.807) is 4.52 Å². The highest BCUT2D eigenvalue weighted by molar-refractivity contribution is 6.29. The zero-order valence-corrected chi connectivity index (χ0v) is 16.2. The average Bonchev–Trinajstić information content (AvgIpc) is 3.31. The molecule has 0 amide bonds. The average molecular weight is 395 g/mol. The molecule has 1 aliphatic rings. The van der Waals surface area contributed by atoms with Crippen LogP contribution in [0, 0.1) is 6.92 Å². The lowest BCUT2D eigenvalue weighted by Gasteiger charge is -2.28. The molecular weight excluding hydrogens is 376 g/mol. The monoisotopic (exact) mass is 394 g/mol. The van der Waals surface area contributed by atoms with E-state index in [9.17, 15) is 0 Å². The molecule has 0 radical (unpaired) electrons. The number of para-hydroxylation sites is 1. The number of imidazole rings is 1. The van der Waals surface area contributed by atoms with Crippen LogP contribution in [0.25, 0.3) is 22.6 Å². The second-order valence-corrected chi connectivity index (χ2v) is 7.12. The van der Waals surface area contributed by atoms with Gasteiger partial charge in [-0.25, -0.2) is 14.2 Å². The minimum atomic E-state index is 0.439. The molecule has 1 aliphatic heterocycles. The SMILES string of the molecule is Cc1c(-c2cn3nc(Cl)cc(N4CCOCC4)c3n2)cnn1-c1ccccc1.